The largest absolute Gasteiger partial charge is 0.480 e. The third-order valence-electron chi connectivity index (χ3n) is 4.12. The molecule has 4 rings (SSSR count). The van der Waals surface area contributed by atoms with Crippen molar-refractivity contribution in [2.45, 2.75) is 6.54 Å². The van der Waals surface area contributed by atoms with Crippen LogP contribution in [0.1, 0.15) is 0 Å². The van der Waals surface area contributed by atoms with Crippen molar-refractivity contribution in [2.75, 3.05) is 6.54 Å². The Morgan fingerprint density at radius 1 is 1.15 bits per heavy atom. The van der Waals surface area contributed by atoms with Crippen LogP contribution in [0.3, 0.4) is 0 Å². The molecular weight excluding hydrogens is 336 g/mol. The highest BCUT2D eigenvalue weighted by atomic mass is 16.6. The highest BCUT2D eigenvalue weighted by Crippen LogP contribution is 2.29. The molecule has 0 aliphatic rings. The molecule has 0 spiro atoms. The number of nitrogens with zero attached hydrogens (tertiary/aromatic N) is 3. The van der Waals surface area contributed by atoms with Crippen molar-refractivity contribution in [3.05, 3.63) is 48.7 Å². The Kier molecular flexibility index (Phi) is 3.85. The van der Waals surface area contributed by atoms with Crippen molar-refractivity contribution in [1.82, 2.24) is 20.2 Å². The van der Waals surface area contributed by atoms with E-state index in [2.05, 4.69) is 15.6 Å². The molecule has 2 N–H and O–H groups in total. The van der Waals surface area contributed by atoms with E-state index in [9.17, 15) is 9.59 Å². The molecule has 1 amide bonds. The Bertz CT molecular complexity index is 1130. The van der Waals surface area contributed by atoms with E-state index in [0.29, 0.717) is 11.0 Å². The number of rotatable bonds is 5. The van der Waals surface area contributed by atoms with Gasteiger partial charge < -0.3 is 15.0 Å². The second-order valence-electron chi connectivity index (χ2n) is 5.83. The van der Waals surface area contributed by atoms with E-state index in [0.717, 1.165) is 22.0 Å². The number of hydrogen-bond donors (Lipinski definition) is 2. The van der Waals surface area contributed by atoms with Gasteiger partial charge in [0.25, 0.3) is 0 Å². The van der Waals surface area contributed by atoms with Gasteiger partial charge in [0.1, 0.15) is 24.1 Å². The average molecular weight is 350 g/mol. The number of aliphatic carboxylic acids is 1. The number of benzene rings is 2. The molecule has 0 aliphatic heterocycles. The van der Waals surface area contributed by atoms with Crippen LogP contribution in [0, 0.1) is 0 Å². The van der Waals surface area contributed by atoms with Gasteiger partial charge in [0, 0.05) is 22.7 Å². The predicted molar refractivity (Wildman–Crippen MR) is 93.4 cm³/mol. The third kappa shape index (κ3) is 2.88. The van der Waals surface area contributed by atoms with E-state index < -0.39 is 12.5 Å². The molecule has 0 fully saturated rings. The summed E-state index contributed by atoms with van der Waals surface area (Å²) >= 11 is 0. The van der Waals surface area contributed by atoms with Crippen LogP contribution in [0.4, 0.5) is 0 Å². The zero-order valence-corrected chi connectivity index (χ0v) is 13.5. The van der Waals surface area contributed by atoms with Gasteiger partial charge in [0.2, 0.25) is 5.91 Å². The average Bonchev–Trinajstić information content (AvgIpc) is 3.26. The second kappa shape index (κ2) is 6.32. The molecule has 0 unspecified atom stereocenters. The molecule has 26 heavy (non-hydrogen) atoms. The monoisotopic (exact) mass is 350 g/mol. The molecule has 0 saturated carbocycles. The second-order valence-corrected chi connectivity index (χ2v) is 5.83. The van der Waals surface area contributed by atoms with Gasteiger partial charge in [-0.2, -0.15) is 0 Å². The first-order chi connectivity index (χ1) is 12.6. The molecule has 0 aliphatic carbocycles. The maximum atomic E-state index is 11.8. The Hall–Kier alpha value is -3.68. The van der Waals surface area contributed by atoms with Crippen LogP contribution in [0.25, 0.3) is 33.1 Å². The van der Waals surface area contributed by atoms with Crippen molar-refractivity contribution >= 4 is 33.8 Å². The highest BCUT2D eigenvalue weighted by Gasteiger charge is 2.11. The summed E-state index contributed by atoms with van der Waals surface area (Å²) in [5.41, 5.74) is 4.14. The van der Waals surface area contributed by atoms with Crippen LogP contribution in [0.2, 0.25) is 0 Å². The summed E-state index contributed by atoms with van der Waals surface area (Å²) < 4.78 is 6.58. The predicted octanol–water partition coefficient (Wildman–Crippen LogP) is 2.05. The number of carboxylic acid groups (broad SMARTS) is 1. The zero-order valence-electron chi connectivity index (χ0n) is 13.5. The number of nitrogens with one attached hydrogen (secondary N) is 1. The Morgan fingerprint density at radius 2 is 2.04 bits per heavy atom. The van der Waals surface area contributed by atoms with Crippen LogP contribution in [-0.2, 0) is 16.1 Å². The summed E-state index contributed by atoms with van der Waals surface area (Å²) in [6, 6.07) is 13.4. The van der Waals surface area contributed by atoms with Crippen molar-refractivity contribution in [2.24, 2.45) is 0 Å². The summed E-state index contributed by atoms with van der Waals surface area (Å²) in [4.78, 5) is 22.4. The molecule has 8 heteroatoms. The minimum Gasteiger partial charge on any atom is -0.480 e. The van der Waals surface area contributed by atoms with Gasteiger partial charge in [-0.1, -0.05) is 18.2 Å². The zero-order chi connectivity index (χ0) is 18.1. The van der Waals surface area contributed by atoms with Crippen molar-refractivity contribution in [3.8, 4) is 11.1 Å². The first-order valence-electron chi connectivity index (χ1n) is 7.91. The molecule has 0 saturated heterocycles. The maximum absolute atomic E-state index is 11.8. The molecule has 2 heterocycles. The number of carboxylic acids is 1. The highest BCUT2D eigenvalue weighted by molar-refractivity contribution is 5.95. The smallest absolute Gasteiger partial charge is 0.322 e. The van der Waals surface area contributed by atoms with Crippen molar-refractivity contribution < 1.29 is 19.3 Å². The number of carbonyl (C=O) groups excluding carboxylic acids is 1. The quantitative estimate of drug-likeness (QED) is 0.570. The summed E-state index contributed by atoms with van der Waals surface area (Å²) in [5.74, 6) is -1.43. The SMILES string of the molecule is O=C(O)CNC(=O)Cn1ccc2cc(-c3cccc4nonc34)ccc21. The van der Waals surface area contributed by atoms with Gasteiger partial charge in [-0.25, -0.2) is 4.63 Å². The lowest BCUT2D eigenvalue weighted by atomic mass is 10.0. The normalized spacial score (nSPS) is 11.1. The van der Waals surface area contributed by atoms with Crippen LogP contribution in [0.5, 0.6) is 0 Å². The molecule has 2 aromatic heterocycles. The molecule has 4 aromatic rings. The third-order valence-corrected chi connectivity index (χ3v) is 4.12. The summed E-state index contributed by atoms with van der Waals surface area (Å²) in [6.45, 7) is -0.336. The molecule has 130 valence electrons. The van der Waals surface area contributed by atoms with Crippen LogP contribution in [-0.4, -0.2) is 38.4 Å². The molecule has 0 bridgehead atoms. The van der Waals surface area contributed by atoms with E-state index in [4.69, 9.17) is 9.74 Å². The van der Waals surface area contributed by atoms with Crippen molar-refractivity contribution in [3.63, 3.8) is 0 Å². The van der Waals surface area contributed by atoms with E-state index >= 15 is 0 Å². The first-order valence-corrected chi connectivity index (χ1v) is 7.91. The molecular formula is C18H14N4O4. The Balaban J connectivity index is 1.64. The summed E-state index contributed by atoms with van der Waals surface area (Å²) in [7, 11) is 0. The number of hydrogen-bond acceptors (Lipinski definition) is 5. The van der Waals surface area contributed by atoms with E-state index in [1.807, 2.05) is 42.5 Å². The fourth-order valence-electron chi connectivity index (χ4n) is 2.93. The van der Waals surface area contributed by atoms with Gasteiger partial charge in [-0.05, 0) is 40.1 Å². The number of carbonyl (C=O) groups is 2. The van der Waals surface area contributed by atoms with Crippen LogP contribution in [0.15, 0.2) is 53.3 Å². The lowest BCUT2D eigenvalue weighted by Gasteiger charge is -2.07. The van der Waals surface area contributed by atoms with Gasteiger partial charge in [-0.3, -0.25) is 9.59 Å². The van der Waals surface area contributed by atoms with Crippen LogP contribution < -0.4 is 5.32 Å². The minimum absolute atomic E-state index is 0.0545. The lowest BCUT2D eigenvalue weighted by Crippen LogP contribution is -2.31. The van der Waals surface area contributed by atoms with Crippen LogP contribution >= 0.6 is 0 Å². The maximum Gasteiger partial charge on any atom is 0.322 e. The molecule has 2 aromatic carbocycles. The van der Waals surface area contributed by atoms with Crippen molar-refractivity contribution in [1.29, 1.82) is 0 Å². The molecule has 8 nitrogen and oxygen atoms in total. The standard InChI is InChI=1S/C18H14N4O4/c23-16(19-9-17(24)25)10-22-7-6-12-8-11(4-5-15(12)22)13-2-1-3-14-18(13)21-26-20-14/h1-8H,9-10H2,(H,19,23)(H,24,25). The molecule has 0 radical (unpaired) electrons. The summed E-state index contributed by atoms with van der Waals surface area (Å²) in [6.07, 6.45) is 1.80. The number of fused-ring (bicyclic) bond motifs is 2. The van der Waals surface area contributed by atoms with E-state index in [1.165, 1.54) is 0 Å². The summed E-state index contributed by atoms with van der Waals surface area (Å²) in [5, 5.41) is 19.8. The van der Waals surface area contributed by atoms with Gasteiger partial charge >= 0.3 is 5.97 Å². The lowest BCUT2D eigenvalue weighted by molar-refractivity contribution is -0.138. The van der Waals surface area contributed by atoms with Gasteiger partial charge in [0.15, 0.2) is 0 Å². The number of amides is 1. The first kappa shape index (κ1) is 15.8. The fourth-order valence-corrected chi connectivity index (χ4v) is 2.93. The van der Waals surface area contributed by atoms with Gasteiger partial charge in [-0.15, -0.1) is 0 Å². The Morgan fingerprint density at radius 3 is 2.88 bits per heavy atom. The topological polar surface area (TPSA) is 110 Å². The molecule has 0 atom stereocenters. The van der Waals surface area contributed by atoms with E-state index in [1.54, 1.807) is 10.8 Å². The minimum atomic E-state index is -1.07. The number of aromatic nitrogens is 3. The fraction of sp³-hybridized carbons (Fsp3) is 0.111. The van der Waals surface area contributed by atoms with Gasteiger partial charge in [0.05, 0.1) is 0 Å². The van der Waals surface area contributed by atoms with E-state index in [-0.39, 0.29) is 12.5 Å². The Labute approximate surface area is 147 Å².